The summed E-state index contributed by atoms with van der Waals surface area (Å²) in [5.41, 5.74) is 3.04. The van der Waals surface area contributed by atoms with E-state index in [0.717, 1.165) is 16.0 Å². The highest BCUT2D eigenvalue weighted by Crippen LogP contribution is 2.17. The van der Waals surface area contributed by atoms with Gasteiger partial charge in [-0.05, 0) is 18.6 Å². The molecule has 0 unspecified atom stereocenters. The standard InChI is InChI=1S/C13H13F3N4OS/c1-2-11-5-9(7-22-11)12(21)18-17-6-10-3-4-20(19-10)8-13(14,15)16/h3-7H,2,8H2,1H3,(H,18,21)/b17-6+. The maximum Gasteiger partial charge on any atom is 0.408 e. The number of amides is 1. The van der Waals surface area contributed by atoms with E-state index in [0.29, 0.717) is 5.56 Å². The first-order valence-electron chi connectivity index (χ1n) is 6.38. The van der Waals surface area contributed by atoms with E-state index in [4.69, 9.17) is 0 Å². The molecule has 0 saturated heterocycles. The number of halogens is 3. The minimum Gasteiger partial charge on any atom is -0.267 e. The van der Waals surface area contributed by atoms with Crippen LogP contribution in [0.2, 0.25) is 0 Å². The molecule has 1 N–H and O–H groups in total. The number of nitrogens with zero attached hydrogens (tertiary/aromatic N) is 3. The van der Waals surface area contributed by atoms with Gasteiger partial charge in [0.1, 0.15) is 12.2 Å². The van der Waals surface area contributed by atoms with Gasteiger partial charge in [0, 0.05) is 16.5 Å². The van der Waals surface area contributed by atoms with Crippen LogP contribution in [0.1, 0.15) is 27.9 Å². The Kier molecular flexibility index (Phi) is 4.96. The molecule has 0 fully saturated rings. The van der Waals surface area contributed by atoms with E-state index in [2.05, 4.69) is 15.6 Å². The Morgan fingerprint density at radius 3 is 2.95 bits per heavy atom. The van der Waals surface area contributed by atoms with Crippen molar-refractivity contribution >= 4 is 23.5 Å². The van der Waals surface area contributed by atoms with Crippen LogP contribution in [0.4, 0.5) is 13.2 Å². The molecule has 22 heavy (non-hydrogen) atoms. The number of hydrogen-bond acceptors (Lipinski definition) is 4. The molecule has 2 aromatic rings. The van der Waals surface area contributed by atoms with Gasteiger partial charge >= 0.3 is 6.18 Å². The zero-order valence-corrected chi connectivity index (χ0v) is 12.4. The van der Waals surface area contributed by atoms with Gasteiger partial charge in [0.25, 0.3) is 5.91 Å². The summed E-state index contributed by atoms with van der Waals surface area (Å²) in [5.74, 6) is -0.373. The molecular weight excluding hydrogens is 317 g/mol. The fraction of sp³-hybridized carbons (Fsp3) is 0.308. The van der Waals surface area contributed by atoms with Crippen molar-refractivity contribution in [2.24, 2.45) is 5.10 Å². The number of aryl methyl sites for hydroxylation is 1. The molecule has 118 valence electrons. The lowest BCUT2D eigenvalue weighted by Crippen LogP contribution is -2.18. The molecule has 0 radical (unpaired) electrons. The third-order valence-electron chi connectivity index (χ3n) is 2.63. The predicted molar refractivity (Wildman–Crippen MR) is 77.0 cm³/mol. The van der Waals surface area contributed by atoms with Gasteiger partial charge < -0.3 is 0 Å². The topological polar surface area (TPSA) is 59.3 Å². The predicted octanol–water partition coefficient (Wildman–Crippen LogP) is 2.83. The Hall–Kier alpha value is -2.16. The molecule has 0 saturated carbocycles. The normalized spacial score (nSPS) is 12.0. The quantitative estimate of drug-likeness (QED) is 0.677. The van der Waals surface area contributed by atoms with Gasteiger partial charge in [-0.1, -0.05) is 6.92 Å². The molecule has 2 rings (SSSR count). The number of nitrogens with one attached hydrogen (secondary N) is 1. The largest absolute Gasteiger partial charge is 0.408 e. The first-order valence-corrected chi connectivity index (χ1v) is 7.26. The van der Waals surface area contributed by atoms with Crippen LogP contribution in [-0.2, 0) is 13.0 Å². The van der Waals surface area contributed by atoms with Crippen molar-refractivity contribution in [3.63, 3.8) is 0 Å². The minimum absolute atomic E-state index is 0.226. The fourth-order valence-electron chi connectivity index (χ4n) is 1.62. The van der Waals surface area contributed by atoms with Gasteiger partial charge in [0.15, 0.2) is 0 Å². The molecule has 0 spiro atoms. The van der Waals surface area contributed by atoms with Crippen molar-refractivity contribution < 1.29 is 18.0 Å². The minimum atomic E-state index is -4.33. The highest BCUT2D eigenvalue weighted by Gasteiger charge is 2.28. The van der Waals surface area contributed by atoms with Crippen LogP contribution < -0.4 is 5.43 Å². The summed E-state index contributed by atoms with van der Waals surface area (Å²) in [6.45, 7) is 0.824. The van der Waals surface area contributed by atoms with Crippen LogP contribution in [0.3, 0.4) is 0 Å². The smallest absolute Gasteiger partial charge is 0.267 e. The lowest BCUT2D eigenvalue weighted by atomic mass is 10.3. The molecule has 0 atom stereocenters. The fourth-order valence-corrected chi connectivity index (χ4v) is 2.44. The van der Waals surface area contributed by atoms with Crippen LogP contribution in [0.5, 0.6) is 0 Å². The Morgan fingerprint density at radius 1 is 1.55 bits per heavy atom. The van der Waals surface area contributed by atoms with Crippen molar-refractivity contribution in [1.82, 2.24) is 15.2 Å². The Balaban J connectivity index is 1.91. The van der Waals surface area contributed by atoms with Crippen LogP contribution >= 0.6 is 11.3 Å². The summed E-state index contributed by atoms with van der Waals surface area (Å²) < 4.78 is 37.3. The summed E-state index contributed by atoms with van der Waals surface area (Å²) in [7, 11) is 0. The average Bonchev–Trinajstić information content (AvgIpc) is 3.06. The van der Waals surface area contributed by atoms with Crippen LogP contribution in [0.25, 0.3) is 0 Å². The maximum absolute atomic E-state index is 12.2. The number of rotatable bonds is 5. The molecule has 1 amide bonds. The van der Waals surface area contributed by atoms with Crippen LogP contribution in [0, 0.1) is 0 Å². The Morgan fingerprint density at radius 2 is 2.32 bits per heavy atom. The third-order valence-corrected chi connectivity index (χ3v) is 3.71. The van der Waals surface area contributed by atoms with Gasteiger partial charge in [-0.2, -0.15) is 23.4 Å². The molecule has 2 aromatic heterocycles. The number of alkyl halides is 3. The van der Waals surface area contributed by atoms with E-state index >= 15 is 0 Å². The van der Waals surface area contributed by atoms with Gasteiger partial charge in [0.05, 0.1) is 11.8 Å². The highest BCUT2D eigenvalue weighted by atomic mass is 32.1. The first-order chi connectivity index (χ1) is 10.4. The van der Waals surface area contributed by atoms with Gasteiger partial charge in [-0.3, -0.25) is 9.48 Å². The summed E-state index contributed by atoms with van der Waals surface area (Å²) in [6.07, 6.45) is -1.09. The van der Waals surface area contributed by atoms with Crippen molar-refractivity contribution in [3.8, 4) is 0 Å². The molecule has 2 heterocycles. The second-order valence-corrected chi connectivity index (χ2v) is 5.40. The van der Waals surface area contributed by atoms with E-state index in [1.807, 2.05) is 6.92 Å². The summed E-state index contributed by atoms with van der Waals surface area (Å²) in [6, 6.07) is 3.15. The number of carbonyl (C=O) groups excluding carboxylic acids is 1. The number of hydrogen-bond donors (Lipinski definition) is 1. The van der Waals surface area contributed by atoms with Gasteiger partial charge in [-0.25, -0.2) is 5.43 Å². The SMILES string of the molecule is CCc1cc(C(=O)N/N=C/c2ccn(CC(F)(F)F)n2)cs1. The molecule has 5 nitrogen and oxygen atoms in total. The highest BCUT2D eigenvalue weighted by molar-refractivity contribution is 7.10. The number of hydrazone groups is 1. The Bertz CT molecular complexity index is 675. The van der Waals surface area contributed by atoms with Gasteiger partial charge in [0.2, 0.25) is 0 Å². The van der Waals surface area contributed by atoms with E-state index in [1.54, 1.807) is 11.4 Å². The molecule has 0 aromatic carbocycles. The number of thiophene rings is 1. The van der Waals surface area contributed by atoms with Crippen molar-refractivity contribution in [2.75, 3.05) is 0 Å². The molecule has 0 aliphatic heterocycles. The van der Waals surface area contributed by atoms with E-state index < -0.39 is 12.7 Å². The second kappa shape index (κ2) is 6.73. The van der Waals surface area contributed by atoms with Gasteiger partial charge in [-0.15, -0.1) is 11.3 Å². The van der Waals surface area contributed by atoms with E-state index in [9.17, 15) is 18.0 Å². The molecule has 0 bridgehead atoms. The zero-order chi connectivity index (χ0) is 16.2. The van der Waals surface area contributed by atoms with E-state index in [-0.39, 0.29) is 11.6 Å². The molecule has 0 aliphatic carbocycles. The molecule has 9 heteroatoms. The lowest BCUT2D eigenvalue weighted by Gasteiger charge is -2.04. The van der Waals surface area contributed by atoms with Crippen molar-refractivity contribution in [3.05, 3.63) is 39.8 Å². The monoisotopic (exact) mass is 330 g/mol. The van der Waals surface area contributed by atoms with E-state index in [1.165, 1.54) is 29.8 Å². The summed E-state index contributed by atoms with van der Waals surface area (Å²) >= 11 is 1.48. The van der Waals surface area contributed by atoms with Crippen LogP contribution in [0.15, 0.2) is 28.8 Å². The maximum atomic E-state index is 12.2. The lowest BCUT2D eigenvalue weighted by molar-refractivity contribution is -0.142. The molecule has 0 aliphatic rings. The first kappa shape index (κ1) is 16.2. The number of aromatic nitrogens is 2. The summed E-state index contributed by atoms with van der Waals surface area (Å²) in [4.78, 5) is 12.8. The van der Waals surface area contributed by atoms with Crippen LogP contribution in [-0.4, -0.2) is 28.1 Å². The molecular formula is C13H13F3N4OS. The second-order valence-electron chi connectivity index (χ2n) is 4.41. The summed E-state index contributed by atoms with van der Waals surface area (Å²) in [5, 5.41) is 9.09. The zero-order valence-electron chi connectivity index (χ0n) is 11.6. The average molecular weight is 330 g/mol. The number of carbonyl (C=O) groups is 1. The van der Waals surface area contributed by atoms with Crippen molar-refractivity contribution in [1.29, 1.82) is 0 Å². The Labute approximate surface area is 128 Å². The van der Waals surface area contributed by atoms with Crippen molar-refractivity contribution in [2.45, 2.75) is 26.1 Å². The third kappa shape index (κ3) is 4.69.